The van der Waals surface area contributed by atoms with Crippen LogP contribution < -0.4 is 4.74 Å². The van der Waals surface area contributed by atoms with E-state index in [1.807, 2.05) is 0 Å². The lowest BCUT2D eigenvalue weighted by Gasteiger charge is -2.06. The summed E-state index contributed by atoms with van der Waals surface area (Å²) in [5.41, 5.74) is 0.0589. The number of carboxylic acid groups (broad SMARTS) is 1. The van der Waals surface area contributed by atoms with Gasteiger partial charge in [-0.05, 0) is 0 Å². The minimum Gasteiger partial charge on any atom is -0.477 e. The van der Waals surface area contributed by atoms with Crippen LogP contribution >= 0.6 is 0 Å². The molecule has 0 spiro atoms. The number of hydrogen-bond acceptors (Lipinski definition) is 4. The molecule has 0 aromatic carbocycles. The van der Waals surface area contributed by atoms with Crippen LogP contribution in [0.15, 0.2) is 6.20 Å². The van der Waals surface area contributed by atoms with Crippen molar-refractivity contribution in [3.05, 3.63) is 11.8 Å². The zero-order chi connectivity index (χ0) is 10.6. The predicted octanol–water partition coefficient (Wildman–Crippen LogP) is 0.143. The lowest BCUT2D eigenvalue weighted by molar-refractivity contribution is 0.0688. The number of aryl methyl sites for hydroxylation is 1. The smallest absolute Gasteiger partial charge is 0.342 e. The normalized spacial score (nSPS) is 10.1. The third kappa shape index (κ3) is 2.23. The molecular weight excluding hydrogens is 188 g/mol. The second kappa shape index (κ2) is 4.61. The Morgan fingerprint density at radius 3 is 2.93 bits per heavy atom. The van der Waals surface area contributed by atoms with E-state index in [9.17, 15) is 4.79 Å². The first-order valence-electron chi connectivity index (χ1n) is 4.04. The first-order chi connectivity index (χ1) is 6.66. The number of carboxylic acids is 1. The molecule has 0 atom stereocenters. The zero-order valence-electron chi connectivity index (χ0n) is 8.06. The summed E-state index contributed by atoms with van der Waals surface area (Å²) in [4.78, 5) is 10.7. The fourth-order valence-corrected chi connectivity index (χ4v) is 0.966. The molecule has 1 aromatic heterocycles. The molecule has 0 amide bonds. The Hall–Kier alpha value is -1.56. The van der Waals surface area contributed by atoms with Crippen molar-refractivity contribution in [3.63, 3.8) is 0 Å². The molecule has 0 fully saturated rings. The van der Waals surface area contributed by atoms with Gasteiger partial charge in [0.25, 0.3) is 0 Å². The van der Waals surface area contributed by atoms with Gasteiger partial charge < -0.3 is 14.6 Å². The van der Waals surface area contributed by atoms with Gasteiger partial charge in [0.05, 0.1) is 12.8 Å². The largest absolute Gasteiger partial charge is 0.477 e. The van der Waals surface area contributed by atoms with Crippen LogP contribution in [0.1, 0.15) is 10.4 Å². The summed E-state index contributed by atoms with van der Waals surface area (Å²) in [6, 6.07) is 0. The van der Waals surface area contributed by atoms with Crippen LogP contribution in [0.25, 0.3) is 0 Å². The van der Waals surface area contributed by atoms with Crippen molar-refractivity contribution in [2.45, 2.75) is 0 Å². The molecule has 0 unspecified atom stereocenters. The van der Waals surface area contributed by atoms with Gasteiger partial charge in [-0.1, -0.05) is 0 Å². The lowest BCUT2D eigenvalue weighted by atomic mass is 10.3. The first kappa shape index (κ1) is 10.5. The molecule has 0 aliphatic rings. The molecule has 0 bridgehead atoms. The van der Waals surface area contributed by atoms with Crippen LogP contribution in [0.2, 0.25) is 0 Å². The van der Waals surface area contributed by atoms with Crippen LogP contribution in [0.3, 0.4) is 0 Å². The molecule has 14 heavy (non-hydrogen) atoms. The number of carbonyl (C=O) groups is 1. The highest BCUT2D eigenvalue weighted by atomic mass is 16.5. The molecular formula is C8H12N2O4. The van der Waals surface area contributed by atoms with E-state index >= 15 is 0 Å². The Bertz CT molecular complexity index is 321. The zero-order valence-corrected chi connectivity index (χ0v) is 8.06. The molecule has 1 rings (SSSR count). The average Bonchev–Trinajstić information content (AvgIpc) is 2.48. The molecule has 6 heteroatoms. The van der Waals surface area contributed by atoms with Crippen LogP contribution in [-0.2, 0) is 11.8 Å². The monoisotopic (exact) mass is 200 g/mol. The van der Waals surface area contributed by atoms with Gasteiger partial charge in [-0.2, -0.15) is 5.10 Å². The van der Waals surface area contributed by atoms with E-state index in [-0.39, 0.29) is 11.4 Å². The van der Waals surface area contributed by atoms with Gasteiger partial charge in [0, 0.05) is 14.2 Å². The van der Waals surface area contributed by atoms with Crippen molar-refractivity contribution in [1.82, 2.24) is 9.78 Å². The maximum atomic E-state index is 10.7. The molecule has 1 N–H and O–H groups in total. The van der Waals surface area contributed by atoms with Crippen LogP contribution in [0, 0.1) is 0 Å². The Morgan fingerprint density at radius 2 is 2.36 bits per heavy atom. The fourth-order valence-electron chi connectivity index (χ4n) is 0.966. The summed E-state index contributed by atoms with van der Waals surface area (Å²) in [6.07, 6.45) is 1.25. The van der Waals surface area contributed by atoms with Crippen molar-refractivity contribution in [3.8, 4) is 5.88 Å². The highest BCUT2D eigenvalue weighted by Gasteiger charge is 2.15. The van der Waals surface area contributed by atoms with Gasteiger partial charge in [0.2, 0.25) is 5.88 Å². The molecule has 78 valence electrons. The summed E-state index contributed by atoms with van der Waals surface area (Å²) < 4.78 is 11.4. The van der Waals surface area contributed by atoms with Crippen LogP contribution in [-0.4, -0.2) is 41.2 Å². The van der Waals surface area contributed by atoms with E-state index in [2.05, 4.69) is 5.10 Å². The fraction of sp³-hybridized carbons (Fsp3) is 0.500. The van der Waals surface area contributed by atoms with Crippen LogP contribution in [0.4, 0.5) is 0 Å². The molecule has 1 aromatic rings. The topological polar surface area (TPSA) is 73.6 Å². The van der Waals surface area contributed by atoms with E-state index < -0.39 is 5.97 Å². The number of rotatable bonds is 5. The lowest BCUT2D eigenvalue weighted by Crippen LogP contribution is -2.10. The number of ether oxygens (including phenoxy) is 2. The van der Waals surface area contributed by atoms with Gasteiger partial charge >= 0.3 is 5.97 Å². The number of hydrogen-bond donors (Lipinski definition) is 1. The summed E-state index contributed by atoms with van der Waals surface area (Å²) in [6.45, 7) is 0.709. The third-order valence-electron chi connectivity index (χ3n) is 1.64. The Morgan fingerprint density at radius 1 is 1.64 bits per heavy atom. The minimum absolute atomic E-state index is 0.0589. The van der Waals surface area contributed by atoms with E-state index in [1.165, 1.54) is 10.9 Å². The van der Waals surface area contributed by atoms with Crippen molar-refractivity contribution in [1.29, 1.82) is 0 Å². The third-order valence-corrected chi connectivity index (χ3v) is 1.64. The van der Waals surface area contributed by atoms with Gasteiger partial charge in [-0.25, -0.2) is 9.48 Å². The Labute approximate surface area is 81.0 Å². The van der Waals surface area contributed by atoms with Gasteiger partial charge in [-0.15, -0.1) is 0 Å². The Kier molecular flexibility index (Phi) is 3.47. The van der Waals surface area contributed by atoms with Gasteiger partial charge in [0.15, 0.2) is 0 Å². The number of nitrogens with zero attached hydrogens (tertiary/aromatic N) is 2. The van der Waals surface area contributed by atoms with Gasteiger partial charge in [0.1, 0.15) is 12.2 Å². The summed E-state index contributed by atoms with van der Waals surface area (Å²) in [5, 5.41) is 12.6. The second-order valence-electron chi connectivity index (χ2n) is 2.63. The molecule has 1 heterocycles. The van der Waals surface area contributed by atoms with Gasteiger partial charge in [-0.3, -0.25) is 0 Å². The molecule has 0 aliphatic heterocycles. The minimum atomic E-state index is -1.05. The van der Waals surface area contributed by atoms with Crippen molar-refractivity contribution < 1.29 is 19.4 Å². The molecule has 0 saturated heterocycles. The predicted molar refractivity (Wildman–Crippen MR) is 47.5 cm³/mol. The number of methoxy groups -OCH3 is 1. The highest BCUT2D eigenvalue weighted by Crippen LogP contribution is 2.16. The number of aromatic carboxylic acids is 1. The van der Waals surface area contributed by atoms with E-state index in [0.29, 0.717) is 13.2 Å². The molecule has 0 saturated carbocycles. The summed E-state index contributed by atoms with van der Waals surface area (Å²) in [7, 11) is 3.17. The van der Waals surface area contributed by atoms with Crippen molar-refractivity contribution in [2.75, 3.05) is 20.3 Å². The maximum Gasteiger partial charge on any atom is 0.342 e. The maximum absolute atomic E-state index is 10.7. The second-order valence-corrected chi connectivity index (χ2v) is 2.63. The van der Waals surface area contributed by atoms with E-state index in [0.717, 1.165) is 0 Å². The molecule has 0 radical (unpaired) electrons. The standard InChI is InChI=1S/C8H12N2O4/c1-10-7(14-4-3-13-2)6(5-9-10)8(11)12/h5H,3-4H2,1-2H3,(H,11,12). The Balaban J connectivity index is 2.72. The van der Waals surface area contributed by atoms with E-state index in [4.69, 9.17) is 14.6 Å². The van der Waals surface area contributed by atoms with Crippen LogP contribution in [0.5, 0.6) is 5.88 Å². The SMILES string of the molecule is COCCOc1c(C(=O)O)cnn1C. The first-order valence-corrected chi connectivity index (χ1v) is 4.04. The average molecular weight is 200 g/mol. The molecule has 0 aliphatic carbocycles. The summed E-state index contributed by atoms with van der Waals surface area (Å²) in [5.74, 6) is -0.805. The van der Waals surface area contributed by atoms with E-state index in [1.54, 1.807) is 14.2 Å². The molecule has 6 nitrogen and oxygen atoms in total. The van der Waals surface area contributed by atoms with Crippen molar-refractivity contribution in [2.24, 2.45) is 7.05 Å². The van der Waals surface area contributed by atoms with Crippen molar-refractivity contribution >= 4 is 5.97 Å². The summed E-state index contributed by atoms with van der Waals surface area (Å²) >= 11 is 0. The number of aromatic nitrogens is 2. The highest BCUT2D eigenvalue weighted by molar-refractivity contribution is 5.89. The quantitative estimate of drug-likeness (QED) is 0.684.